The molecule has 0 atom stereocenters. The highest BCUT2D eigenvalue weighted by atomic mass is 32.2. The molecule has 0 aliphatic heterocycles. The molecule has 0 unspecified atom stereocenters. The maximum Gasteiger partial charge on any atom is 0.234 e. The molecule has 0 bridgehead atoms. The molecule has 0 fully saturated rings. The first-order valence-corrected chi connectivity index (χ1v) is 9.96. The van der Waals surface area contributed by atoms with Crippen molar-refractivity contribution in [3.8, 4) is 11.8 Å². The van der Waals surface area contributed by atoms with Crippen molar-refractivity contribution in [1.82, 2.24) is 4.98 Å². The Labute approximate surface area is 172 Å². The van der Waals surface area contributed by atoms with Gasteiger partial charge >= 0.3 is 0 Å². The molecule has 0 aliphatic carbocycles. The summed E-state index contributed by atoms with van der Waals surface area (Å²) in [7, 11) is 1.60. The number of hydrogen-bond donors (Lipinski definition) is 1. The number of thioether (sulfide) groups is 1. The number of amides is 1. The third kappa shape index (κ3) is 4.00. The van der Waals surface area contributed by atoms with E-state index in [1.165, 1.54) is 11.8 Å². The average Bonchev–Trinajstić information content (AvgIpc) is 2.76. The van der Waals surface area contributed by atoms with Gasteiger partial charge in [0.25, 0.3) is 0 Å². The molecule has 0 aliphatic rings. The number of pyridine rings is 1. The van der Waals surface area contributed by atoms with Crippen molar-refractivity contribution >= 4 is 45.0 Å². The van der Waals surface area contributed by atoms with E-state index in [0.717, 1.165) is 27.4 Å². The zero-order valence-corrected chi connectivity index (χ0v) is 16.5. The fourth-order valence-corrected chi connectivity index (χ4v) is 3.86. The molecule has 0 saturated heterocycles. The number of fused-ring (bicyclic) bond motifs is 2. The topological polar surface area (TPSA) is 75.0 Å². The molecule has 4 rings (SSSR count). The molecular weight excluding hydrogens is 382 g/mol. The minimum Gasteiger partial charge on any atom is -0.497 e. The Kier molecular flexibility index (Phi) is 5.32. The predicted octanol–water partition coefficient (Wildman–Crippen LogP) is 5.00. The second-order valence-corrected chi connectivity index (χ2v) is 7.34. The van der Waals surface area contributed by atoms with Crippen LogP contribution in [0, 0.1) is 11.3 Å². The van der Waals surface area contributed by atoms with Gasteiger partial charge in [-0.3, -0.25) is 4.79 Å². The van der Waals surface area contributed by atoms with Crippen LogP contribution in [0.4, 0.5) is 5.69 Å². The fourth-order valence-electron chi connectivity index (χ4n) is 3.10. The summed E-state index contributed by atoms with van der Waals surface area (Å²) in [5.41, 5.74) is 1.94. The number of carbonyl (C=O) groups is 1. The molecule has 0 saturated carbocycles. The molecule has 0 radical (unpaired) electrons. The molecule has 1 aromatic heterocycles. The van der Waals surface area contributed by atoms with Gasteiger partial charge in [0, 0.05) is 22.5 Å². The fraction of sp³-hybridized carbons (Fsp3) is 0.0870. The van der Waals surface area contributed by atoms with E-state index in [4.69, 9.17) is 4.74 Å². The smallest absolute Gasteiger partial charge is 0.234 e. The summed E-state index contributed by atoms with van der Waals surface area (Å²) in [4.78, 5) is 17.1. The number of carbonyl (C=O) groups excluding carboxylic acids is 1. The van der Waals surface area contributed by atoms with Crippen LogP contribution in [0.1, 0.15) is 5.56 Å². The van der Waals surface area contributed by atoms with Crippen molar-refractivity contribution < 1.29 is 9.53 Å². The summed E-state index contributed by atoms with van der Waals surface area (Å²) in [6, 6.07) is 23.2. The van der Waals surface area contributed by atoms with Crippen molar-refractivity contribution in [2.45, 2.75) is 5.03 Å². The van der Waals surface area contributed by atoms with Crippen LogP contribution in [0.2, 0.25) is 0 Å². The molecule has 1 heterocycles. The first-order valence-electron chi connectivity index (χ1n) is 8.97. The second kappa shape index (κ2) is 8.21. The van der Waals surface area contributed by atoms with Crippen LogP contribution in [0.25, 0.3) is 21.7 Å². The van der Waals surface area contributed by atoms with Crippen LogP contribution >= 0.6 is 11.8 Å². The van der Waals surface area contributed by atoms with E-state index in [0.29, 0.717) is 16.3 Å². The highest BCUT2D eigenvalue weighted by Crippen LogP contribution is 2.28. The van der Waals surface area contributed by atoms with Crippen LogP contribution < -0.4 is 10.1 Å². The highest BCUT2D eigenvalue weighted by molar-refractivity contribution is 8.00. The van der Waals surface area contributed by atoms with Crippen LogP contribution in [-0.4, -0.2) is 23.8 Å². The average molecular weight is 399 g/mol. The van der Waals surface area contributed by atoms with Gasteiger partial charge in [0.2, 0.25) is 5.91 Å². The van der Waals surface area contributed by atoms with Gasteiger partial charge < -0.3 is 10.1 Å². The summed E-state index contributed by atoms with van der Waals surface area (Å²) in [6.07, 6.45) is 0. The van der Waals surface area contributed by atoms with Crippen molar-refractivity contribution in [2.75, 3.05) is 18.2 Å². The van der Waals surface area contributed by atoms with Crippen LogP contribution in [-0.2, 0) is 4.79 Å². The van der Waals surface area contributed by atoms with Gasteiger partial charge in [0.05, 0.1) is 23.9 Å². The lowest BCUT2D eigenvalue weighted by Gasteiger charge is -2.09. The van der Waals surface area contributed by atoms with E-state index in [9.17, 15) is 10.1 Å². The molecule has 1 amide bonds. The largest absolute Gasteiger partial charge is 0.497 e. The molecule has 6 heteroatoms. The van der Waals surface area contributed by atoms with Crippen molar-refractivity contribution in [1.29, 1.82) is 5.26 Å². The van der Waals surface area contributed by atoms with Crippen LogP contribution in [0.3, 0.4) is 0 Å². The number of ether oxygens (including phenoxy) is 1. The third-order valence-corrected chi connectivity index (χ3v) is 5.51. The van der Waals surface area contributed by atoms with Crippen molar-refractivity contribution in [3.05, 3.63) is 72.3 Å². The number of hydrogen-bond acceptors (Lipinski definition) is 5. The van der Waals surface area contributed by atoms with Gasteiger partial charge in [0.1, 0.15) is 16.8 Å². The van der Waals surface area contributed by atoms with Gasteiger partial charge in [-0.25, -0.2) is 4.98 Å². The number of aromatic nitrogens is 1. The van der Waals surface area contributed by atoms with Crippen LogP contribution in [0.5, 0.6) is 5.75 Å². The Bertz CT molecular complexity index is 1260. The molecule has 0 spiro atoms. The van der Waals surface area contributed by atoms with E-state index in [1.807, 2.05) is 60.7 Å². The van der Waals surface area contributed by atoms with Crippen LogP contribution in [0.15, 0.2) is 71.8 Å². The normalized spacial score (nSPS) is 10.6. The highest BCUT2D eigenvalue weighted by Gasteiger charge is 2.12. The molecule has 3 aromatic carbocycles. The lowest BCUT2D eigenvalue weighted by molar-refractivity contribution is -0.113. The first kappa shape index (κ1) is 18.8. The number of nitriles is 1. The molecule has 142 valence electrons. The maximum atomic E-state index is 12.5. The van der Waals surface area contributed by atoms with Gasteiger partial charge in [-0.15, -0.1) is 0 Å². The van der Waals surface area contributed by atoms with E-state index >= 15 is 0 Å². The standard InChI is InChI=1S/C23H17N3O2S/c1-28-18-10-9-16-11-17(13-24)23(26-21(16)12-18)29-14-22(27)25-20-8-4-6-15-5-2-3-7-19(15)20/h2-12H,14H2,1H3,(H,25,27). The Balaban J connectivity index is 1.54. The number of methoxy groups -OCH3 is 1. The molecule has 29 heavy (non-hydrogen) atoms. The summed E-state index contributed by atoms with van der Waals surface area (Å²) in [6.45, 7) is 0. The molecule has 4 aromatic rings. The van der Waals surface area contributed by atoms with E-state index < -0.39 is 0 Å². The number of nitrogens with zero attached hydrogens (tertiary/aromatic N) is 2. The summed E-state index contributed by atoms with van der Waals surface area (Å²) < 4.78 is 5.24. The predicted molar refractivity (Wildman–Crippen MR) is 116 cm³/mol. The Hall–Kier alpha value is -3.56. The number of rotatable bonds is 5. The first-order chi connectivity index (χ1) is 14.2. The summed E-state index contributed by atoms with van der Waals surface area (Å²) in [5.74, 6) is 0.697. The molecular formula is C23H17N3O2S. The lowest BCUT2D eigenvalue weighted by atomic mass is 10.1. The molecule has 5 nitrogen and oxygen atoms in total. The Morgan fingerprint density at radius 1 is 1.10 bits per heavy atom. The summed E-state index contributed by atoms with van der Waals surface area (Å²) >= 11 is 1.25. The minimum absolute atomic E-state index is 0.150. The van der Waals surface area contributed by atoms with Gasteiger partial charge in [-0.2, -0.15) is 5.26 Å². The zero-order chi connectivity index (χ0) is 20.2. The SMILES string of the molecule is COc1ccc2cc(C#N)c(SCC(=O)Nc3cccc4ccccc34)nc2c1. The number of nitrogens with one attached hydrogen (secondary N) is 1. The Morgan fingerprint density at radius 2 is 1.93 bits per heavy atom. The van der Waals surface area contributed by atoms with Gasteiger partial charge in [-0.1, -0.05) is 48.2 Å². The van der Waals surface area contributed by atoms with E-state index in [1.54, 1.807) is 13.2 Å². The molecule has 1 N–H and O–H groups in total. The quantitative estimate of drug-likeness (QED) is 0.478. The Morgan fingerprint density at radius 3 is 2.76 bits per heavy atom. The number of benzene rings is 3. The zero-order valence-electron chi connectivity index (χ0n) is 15.7. The number of anilines is 1. The van der Waals surface area contributed by atoms with E-state index in [-0.39, 0.29) is 11.7 Å². The van der Waals surface area contributed by atoms with E-state index in [2.05, 4.69) is 16.4 Å². The second-order valence-electron chi connectivity index (χ2n) is 6.38. The maximum absolute atomic E-state index is 12.5. The monoisotopic (exact) mass is 399 g/mol. The van der Waals surface area contributed by atoms with Gasteiger partial charge in [-0.05, 0) is 29.7 Å². The summed E-state index contributed by atoms with van der Waals surface area (Å²) in [5, 5.41) is 15.9. The minimum atomic E-state index is -0.150. The third-order valence-electron chi connectivity index (χ3n) is 4.51. The van der Waals surface area contributed by atoms with Gasteiger partial charge in [0.15, 0.2) is 0 Å². The lowest BCUT2D eigenvalue weighted by Crippen LogP contribution is -2.14. The van der Waals surface area contributed by atoms with Crippen molar-refractivity contribution in [2.24, 2.45) is 0 Å². The van der Waals surface area contributed by atoms with Crippen molar-refractivity contribution in [3.63, 3.8) is 0 Å².